The van der Waals surface area contributed by atoms with Crippen molar-refractivity contribution in [1.29, 1.82) is 0 Å². The summed E-state index contributed by atoms with van der Waals surface area (Å²) in [5.74, 6) is 6.26. The summed E-state index contributed by atoms with van der Waals surface area (Å²) in [4.78, 5) is 10.7. The average molecular weight is 495 g/mol. The van der Waals surface area contributed by atoms with Gasteiger partial charge in [-0.1, -0.05) is 54.3 Å². The first-order valence-electron chi connectivity index (χ1n) is 12.0. The second-order valence-corrected chi connectivity index (χ2v) is 8.59. The van der Waals surface area contributed by atoms with Gasteiger partial charge in [-0.05, 0) is 84.6 Å². The van der Waals surface area contributed by atoms with Crippen LogP contribution in [0.5, 0.6) is 11.5 Å². The van der Waals surface area contributed by atoms with Crippen LogP contribution in [0.1, 0.15) is 40.2 Å². The number of halogens is 1. The number of aryl methyl sites for hydroxylation is 1. The second kappa shape index (κ2) is 12.4. The van der Waals surface area contributed by atoms with Crippen molar-refractivity contribution in [2.75, 3.05) is 13.2 Å². The zero-order valence-corrected chi connectivity index (χ0v) is 20.5. The summed E-state index contributed by atoms with van der Waals surface area (Å²) >= 11 is 0. The Morgan fingerprint density at radius 2 is 1.46 bits per heavy atom. The van der Waals surface area contributed by atoms with Crippen molar-refractivity contribution in [3.63, 3.8) is 0 Å². The predicted octanol–water partition coefficient (Wildman–Crippen LogP) is 6.60. The largest absolute Gasteiger partial charge is 0.494 e. The van der Waals surface area contributed by atoms with Crippen LogP contribution in [0, 0.1) is 24.6 Å². The highest BCUT2D eigenvalue weighted by atomic mass is 19.1. The molecule has 4 aromatic carbocycles. The standard InChI is InChI=1S/C32H27FO4/c1-23-21-29(17-18-31(23)37-22-32(34)35)36-20-19-30(27-13-15-28(33)16-14-27)26-11-9-25(10-12-26)8-7-24-5-3-2-4-6-24/h2-6,9-18,21,30H,19-20,22H2,1H3,(H,34,35). The Morgan fingerprint density at radius 1 is 0.838 bits per heavy atom. The predicted molar refractivity (Wildman–Crippen MR) is 142 cm³/mol. The van der Waals surface area contributed by atoms with E-state index >= 15 is 0 Å². The number of benzene rings is 4. The Kier molecular flexibility index (Phi) is 8.57. The van der Waals surface area contributed by atoms with Gasteiger partial charge in [-0.25, -0.2) is 9.18 Å². The first-order valence-corrected chi connectivity index (χ1v) is 12.0. The van der Waals surface area contributed by atoms with E-state index in [2.05, 4.69) is 24.0 Å². The number of ether oxygens (including phenoxy) is 2. The molecule has 0 spiro atoms. The van der Waals surface area contributed by atoms with Crippen molar-refractivity contribution in [3.8, 4) is 23.3 Å². The molecule has 0 aliphatic carbocycles. The second-order valence-electron chi connectivity index (χ2n) is 8.59. The molecule has 5 heteroatoms. The monoisotopic (exact) mass is 494 g/mol. The third-order valence-electron chi connectivity index (χ3n) is 5.88. The molecule has 0 bridgehead atoms. The maximum absolute atomic E-state index is 13.6. The van der Waals surface area contributed by atoms with Gasteiger partial charge < -0.3 is 14.6 Å². The Bertz CT molecular complexity index is 1390. The molecule has 37 heavy (non-hydrogen) atoms. The highest BCUT2D eigenvalue weighted by molar-refractivity contribution is 5.68. The fourth-order valence-electron chi connectivity index (χ4n) is 3.99. The van der Waals surface area contributed by atoms with Gasteiger partial charge >= 0.3 is 5.97 Å². The molecule has 186 valence electrons. The summed E-state index contributed by atoms with van der Waals surface area (Å²) in [6.07, 6.45) is 0.678. The number of carboxylic acid groups (broad SMARTS) is 1. The van der Waals surface area contributed by atoms with Crippen molar-refractivity contribution in [2.45, 2.75) is 19.3 Å². The van der Waals surface area contributed by atoms with Crippen LogP contribution < -0.4 is 9.47 Å². The van der Waals surface area contributed by atoms with Crippen molar-refractivity contribution < 1.29 is 23.8 Å². The fourth-order valence-corrected chi connectivity index (χ4v) is 3.99. The van der Waals surface area contributed by atoms with Gasteiger partial charge in [0, 0.05) is 17.0 Å². The van der Waals surface area contributed by atoms with E-state index in [1.165, 1.54) is 12.1 Å². The van der Waals surface area contributed by atoms with Crippen LogP contribution in [0.3, 0.4) is 0 Å². The minimum Gasteiger partial charge on any atom is -0.494 e. The van der Waals surface area contributed by atoms with Gasteiger partial charge in [-0.3, -0.25) is 0 Å². The Balaban J connectivity index is 1.46. The molecule has 4 aromatic rings. The Morgan fingerprint density at radius 3 is 2.08 bits per heavy atom. The zero-order valence-electron chi connectivity index (χ0n) is 20.5. The molecular weight excluding hydrogens is 467 g/mol. The van der Waals surface area contributed by atoms with E-state index in [4.69, 9.17) is 14.6 Å². The molecule has 1 atom stereocenters. The van der Waals surface area contributed by atoms with Crippen LogP contribution >= 0.6 is 0 Å². The van der Waals surface area contributed by atoms with Crippen LogP contribution in [0.4, 0.5) is 4.39 Å². The van der Waals surface area contributed by atoms with Crippen molar-refractivity contribution in [1.82, 2.24) is 0 Å². The summed E-state index contributed by atoms with van der Waals surface area (Å²) < 4.78 is 24.9. The van der Waals surface area contributed by atoms with Gasteiger partial charge in [0.05, 0.1) is 6.61 Å². The van der Waals surface area contributed by atoms with Crippen molar-refractivity contribution in [3.05, 3.63) is 131 Å². The first kappa shape index (κ1) is 25.5. The summed E-state index contributed by atoms with van der Waals surface area (Å²) in [5, 5.41) is 8.80. The lowest BCUT2D eigenvalue weighted by atomic mass is 9.88. The minimum atomic E-state index is -1.03. The van der Waals surface area contributed by atoms with Crippen LogP contribution in [-0.2, 0) is 4.79 Å². The molecule has 0 radical (unpaired) electrons. The molecule has 0 aliphatic heterocycles. The van der Waals surface area contributed by atoms with Gasteiger partial charge in [0.2, 0.25) is 0 Å². The fraction of sp³-hybridized carbons (Fsp3) is 0.156. The summed E-state index contributed by atoms with van der Waals surface area (Å²) in [6.45, 7) is 1.89. The topological polar surface area (TPSA) is 55.8 Å². The molecule has 0 aliphatic rings. The molecule has 0 heterocycles. The van der Waals surface area contributed by atoms with Gasteiger partial charge in [-0.2, -0.15) is 0 Å². The SMILES string of the molecule is Cc1cc(OCCC(c2ccc(F)cc2)c2ccc(C#Cc3ccccc3)cc2)ccc1OCC(=O)O. The van der Waals surface area contributed by atoms with Crippen molar-refractivity contribution in [2.24, 2.45) is 0 Å². The van der Waals surface area contributed by atoms with E-state index in [9.17, 15) is 9.18 Å². The highest BCUT2D eigenvalue weighted by Gasteiger charge is 2.15. The van der Waals surface area contributed by atoms with E-state index < -0.39 is 12.6 Å². The maximum Gasteiger partial charge on any atom is 0.341 e. The molecule has 1 unspecified atom stereocenters. The van der Waals surface area contributed by atoms with E-state index in [1.54, 1.807) is 12.1 Å². The lowest BCUT2D eigenvalue weighted by Gasteiger charge is -2.19. The third kappa shape index (κ3) is 7.46. The van der Waals surface area contributed by atoms with Gasteiger partial charge in [0.15, 0.2) is 6.61 Å². The number of hydrogen-bond acceptors (Lipinski definition) is 3. The number of rotatable bonds is 9. The van der Waals surface area contributed by atoms with Gasteiger partial charge in [0.25, 0.3) is 0 Å². The summed E-state index contributed by atoms with van der Waals surface area (Å²) in [7, 11) is 0. The minimum absolute atomic E-state index is 0.0102. The van der Waals surface area contributed by atoms with Crippen LogP contribution in [-0.4, -0.2) is 24.3 Å². The Labute approximate surface area is 216 Å². The van der Waals surface area contributed by atoms with E-state index in [0.29, 0.717) is 24.5 Å². The molecule has 0 saturated carbocycles. The summed E-state index contributed by atoms with van der Waals surface area (Å²) in [5.41, 5.74) is 4.77. The third-order valence-corrected chi connectivity index (χ3v) is 5.88. The van der Waals surface area contributed by atoms with Gasteiger partial charge in [0.1, 0.15) is 17.3 Å². The number of carboxylic acids is 1. The first-order chi connectivity index (χ1) is 18.0. The molecule has 4 rings (SSSR count). The van der Waals surface area contributed by atoms with Gasteiger partial charge in [-0.15, -0.1) is 0 Å². The molecule has 0 fully saturated rings. The Hall–Kier alpha value is -4.56. The quantitative estimate of drug-likeness (QED) is 0.267. The molecule has 0 saturated heterocycles. The number of aliphatic carboxylic acids is 1. The molecular formula is C32H27FO4. The number of carbonyl (C=O) groups is 1. The van der Waals surface area contributed by atoms with E-state index in [0.717, 1.165) is 27.8 Å². The molecule has 0 aromatic heterocycles. The molecule has 4 nitrogen and oxygen atoms in total. The maximum atomic E-state index is 13.6. The molecule has 1 N–H and O–H groups in total. The lowest BCUT2D eigenvalue weighted by molar-refractivity contribution is -0.139. The zero-order chi connectivity index (χ0) is 26.0. The summed E-state index contributed by atoms with van der Waals surface area (Å²) in [6, 6.07) is 29.8. The van der Waals surface area contributed by atoms with Crippen LogP contribution in [0.2, 0.25) is 0 Å². The van der Waals surface area contributed by atoms with Crippen LogP contribution in [0.15, 0.2) is 97.1 Å². The lowest BCUT2D eigenvalue weighted by Crippen LogP contribution is -2.10. The number of hydrogen-bond donors (Lipinski definition) is 1. The molecule has 0 amide bonds. The smallest absolute Gasteiger partial charge is 0.341 e. The average Bonchev–Trinajstić information content (AvgIpc) is 2.91. The van der Waals surface area contributed by atoms with Crippen molar-refractivity contribution >= 4 is 5.97 Å². The normalized spacial score (nSPS) is 11.2. The highest BCUT2D eigenvalue weighted by Crippen LogP contribution is 2.30. The van der Waals surface area contributed by atoms with E-state index in [-0.39, 0.29) is 11.7 Å². The van der Waals surface area contributed by atoms with Crippen LogP contribution in [0.25, 0.3) is 0 Å². The van der Waals surface area contributed by atoms with E-state index in [1.807, 2.05) is 67.6 Å².